The maximum atomic E-state index is 2.38. The van der Waals surface area contributed by atoms with Gasteiger partial charge in [-0.3, -0.25) is 0 Å². The van der Waals surface area contributed by atoms with Gasteiger partial charge in [0.1, 0.15) is 0 Å². The molecule has 0 heteroatoms. The monoisotopic (exact) mass is 138 g/mol. The van der Waals surface area contributed by atoms with Crippen molar-refractivity contribution in [2.45, 2.75) is 39.5 Å². The minimum absolute atomic E-state index is 0.935. The Hall–Kier alpha value is -0.260. The standard InChI is InChI=1S/C10H18/c1-3-9(2)10-7-5-4-6-8-10/h4-5,9-10H,3,6-8H2,1-2H3/t9-,10+/m0/s1. The van der Waals surface area contributed by atoms with Gasteiger partial charge in [0.05, 0.1) is 0 Å². The van der Waals surface area contributed by atoms with Gasteiger partial charge in [0.2, 0.25) is 0 Å². The molecule has 1 aliphatic carbocycles. The number of hydrogen-bond acceptors (Lipinski definition) is 0. The second kappa shape index (κ2) is 3.80. The Morgan fingerprint density at radius 3 is 2.80 bits per heavy atom. The smallest absolute Gasteiger partial charge is 0.0320 e. The highest BCUT2D eigenvalue weighted by molar-refractivity contribution is 4.91. The van der Waals surface area contributed by atoms with Crippen molar-refractivity contribution >= 4 is 0 Å². The predicted octanol–water partition coefficient (Wildman–Crippen LogP) is 3.39. The van der Waals surface area contributed by atoms with Crippen molar-refractivity contribution < 1.29 is 0 Å². The van der Waals surface area contributed by atoms with Crippen LogP contribution in [0.5, 0.6) is 0 Å². The van der Waals surface area contributed by atoms with Gasteiger partial charge in [-0.2, -0.15) is 0 Å². The Morgan fingerprint density at radius 2 is 2.30 bits per heavy atom. The second-order valence-electron chi connectivity index (χ2n) is 3.43. The maximum absolute atomic E-state index is 2.38. The summed E-state index contributed by atoms with van der Waals surface area (Å²) in [6, 6.07) is 0. The summed E-state index contributed by atoms with van der Waals surface area (Å²) < 4.78 is 0. The van der Waals surface area contributed by atoms with E-state index in [1.54, 1.807) is 0 Å². The summed E-state index contributed by atoms with van der Waals surface area (Å²) in [5, 5.41) is 0. The normalized spacial score (nSPS) is 28.4. The Labute approximate surface area is 64.3 Å². The lowest BCUT2D eigenvalue weighted by atomic mass is 9.83. The van der Waals surface area contributed by atoms with Crippen molar-refractivity contribution in [1.82, 2.24) is 0 Å². The molecule has 2 atom stereocenters. The molecule has 0 radical (unpaired) electrons. The molecule has 0 nitrogen and oxygen atoms in total. The van der Waals surface area contributed by atoms with E-state index in [0.717, 1.165) is 11.8 Å². The molecule has 0 heterocycles. The Kier molecular flexibility index (Phi) is 2.98. The van der Waals surface area contributed by atoms with E-state index in [-0.39, 0.29) is 0 Å². The number of allylic oxidation sites excluding steroid dienone is 2. The molecule has 0 saturated carbocycles. The molecule has 0 saturated heterocycles. The average Bonchev–Trinajstić information content (AvgIpc) is 2.05. The molecule has 0 aromatic heterocycles. The van der Waals surface area contributed by atoms with Crippen LogP contribution < -0.4 is 0 Å². The first-order valence-electron chi connectivity index (χ1n) is 4.49. The SMILES string of the molecule is CC[C@H](C)[C@@H]1CC=CCC1. The Bertz CT molecular complexity index is 113. The molecular formula is C10H18. The molecule has 0 unspecified atom stereocenters. The Morgan fingerprint density at radius 1 is 1.50 bits per heavy atom. The van der Waals surface area contributed by atoms with E-state index in [0.29, 0.717) is 0 Å². The molecule has 0 amide bonds. The van der Waals surface area contributed by atoms with Crippen LogP contribution >= 0.6 is 0 Å². The fraction of sp³-hybridized carbons (Fsp3) is 0.800. The van der Waals surface area contributed by atoms with E-state index in [9.17, 15) is 0 Å². The van der Waals surface area contributed by atoms with Crippen LogP contribution in [0.25, 0.3) is 0 Å². The highest BCUT2D eigenvalue weighted by atomic mass is 14.2. The first-order valence-corrected chi connectivity index (χ1v) is 4.49. The maximum Gasteiger partial charge on any atom is -0.0320 e. The molecule has 0 aromatic carbocycles. The van der Waals surface area contributed by atoms with Crippen LogP contribution in [-0.2, 0) is 0 Å². The first kappa shape index (κ1) is 7.84. The summed E-state index contributed by atoms with van der Waals surface area (Å²) in [7, 11) is 0. The molecule has 0 spiro atoms. The van der Waals surface area contributed by atoms with Crippen LogP contribution in [0.15, 0.2) is 12.2 Å². The van der Waals surface area contributed by atoms with Gasteiger partial charge in [-0.15, -0.1) is 0 Å². The molecule has 10 heavy (non-hydrogen) atoms. The van der Waals surface area contributed by atoms with Crippen LogP contribution in [0, 0.1) is 11.8 Å². The van der Waals surface area contributed by atoms with Crippen LogP contribution in [0.2, 0.25) is 0 Å². The van der Waals surface area contributed by atoms with E-state index < -0.39 is 0 Å². The van der Waals surface area contributed by atoms with Crippen LogP contribution in [0.4, 0.5) is 0 Å². The lowest BCUT2D eigenvalue weighted by Gasteiger charge is -2.23. The van der Waals surface area contributed by atoms with Gasteiger partial charge in [0.25, 0.3) is 0 Å². The van der Waals surface area contributed by atoms with Crippen LogP contribution in [0.1, 0.15) is 39.5 Å². The van der Waals surface area contributed by atoms with Crippen molar-refractivity contribution in [3.8, 4) is 0 Å². The van der Waals surface area contributed by atoms with Crippen LogP contribution in [0.3, 0.4) is 0 Å². The van der Waals surface area contributed by atoms with Crippen LogP contribution in [-0.4, -0.2) is 0 Å². The van der Waals surface area contributed by atoms with Crippen molar-refractivity contribution in [3.05, 3.63) is 12.2 Å². The highest BCUT2D eigenvalue weighted by Gasteiger charge is 2.15. The number of hydrogen-bond donors (Lipinski definition) is 0. The first-order chi connectivity index (χ1) is 4.84. The van der Waals surface area contributed by atoms with E-state index in [2.05, 4.69) is 26.0 Å². The molecule has 0 fully saturated rings. The predicted molar refractivity (Wildman–Crippen MR) is 45.9 cm³/mol. The molecule has 0 aromatic rings. The molecule has 0 aliphatic heterocycles. The minimum atomic E-state index is 0.935. The third-order valence-electron chi connectivity index (χ3n) is 2.76. The van der Waals surface area contributed by atoms with Gasteiger partial charge in [-0.25, -0.2) is 0 Å². The number of rotatable bonds is 2. The molecule has 0 N–H and O–H groups in total. The van der Waals surface area contributed by atoms with Gasteiger partial charge in [-0.05, 0) is 31.1 Å². The fourth-order valence-corrected chi connectivity index (χ4v) is 1.67. The van der Waals surface area contributed by atoms with Crippen molar-refractivity contribution in [3.63, 3.8) is 0 Å². The molecular weight excluding hydrogens is 120 g/mol. The van der Waals surface area contributed by atoms with E-state index >= 15 is 0 Å². The summed E-state index contributed by atoms with van der Waals surface area (Å²) in [5.41, 5.74) is 0. The molecule has 1 rings (SSSR count). The summed E-state index contributed by atoms with van der Waals surface area (Å²) >= 11 is 0. The Balaban J connectivity index is 2.33. The van der Waals surface area contributed by atoms with Crippen molar-refractivity contribution in [2.24, 2.45) is 11.8 Å². The molecule has 58 valence electrons. The second-order valence-corrected chi connectivity index (χ2v) is 3.43. The zero-order chi connectivity index (χ0) is 7.40. The topological polar surface area (TPSA) is 0 Å². The summed E-state index contributed by atoms with van der Waals surface area (Å²) in [6.45, 7) is 4.67. The summed E-state index contributed by atoms with van der Waals surface area (Å²) in [4.78, 5) is 0. The quantitative estimate of drug-likeness (QED) is 0.513. The zero-order valence-corrected chi connectivity index (χ0v) is 7.14. The van der Waals surface area contributed by atoms with E-state index in [4.69, 9.17) is 0 Å². The fourth-order valence-electron chi connectivity index (χ4n) is 1.67. The summed E-state index contributed by atoms with van der Waals surface area (Å²) in [6.07, 6.45) is 10.1. The van der Waals surface area contributed by atoms with Gasteiger partial charge in [-0.1, -0.05) is 32.4 Å². The minimum Gasteiger partial charge on any atom is -0.0885 e. The zero-order valence-electron chi connectivity index (χ0n) is 7.14. The van der Waals surface area contributed by atoms with E-state index in [1.807, 2.05) is 0 Å². The average molecular weight is 138 g/mol. The molecule has 0 bridgehead atoms. The largest absolute Gasteiger partial charge is 0.0885 e. The van der Waals surface area contributed by atoms with Crippen molar-refractivity contribution in [2.75, 3.05) is 0 Å². The third kappa shape index (κ3) is 1.86. The lowest BCUT2D eigenvalue weighted by molar-refractivity contribution is 0.324. The van der Waals surface area contributed by atoms with Gasteiger partial charge in [0.15, 0.2) is 0 Å². The summed E-state index contributed by atoms with van der Waals surface area (Å²) in [5.74, 6) is 1.92. The molecule has 1 aliphatic rings. The third-order valence-corrected chi connectivity index (χ3v) is 2.76. The van der Waals surface area contributed by atoms with Gasteiger partial charge < -0.3 is 0 Å². The highest BCUT2D eigenvalue weighted by Crippen LogP contribution is 2.27. The van der Waals surface area contributed by atoms with Crippen molar-refractivity contribution in [1.29, 1.82) is 0 Å². The van der Waals surface area contributed by atoms with Gasteiger partial charge in [0, 0.05) is 0 Å². The van der Waals surface area contributed by atoms with E-state index in [1.165, 1.54) is 25.7 Å². The van der Waals surface area contributed by atoms with Gasteiger partial charge >= 0.3 is 0 Å². The lowest BCUT2D eigenvalue weighted by Crippen LogP contribution is -2.11.